The Balaban J connectivity index is 1.84. The van der Waals surface area contributed by atoms with Crippen molar-refractivity contribution in [3.05, 3.63) is 71.8 Å². The van der Waals surface area contributed by atoms with Crippen LogP contribution in [0.25, 0.3) is 0 Å². The molecule has 0 saturated carbocycles. The Morgan fingerprint density at radius 1 is 0.920 bits per heavy atom. The number of ether oxygens (including phenoxy) is 1. The van der Waals surface area contributed by atoms with Gasteiger partial charge in [-0.2, -0.15) is 0 Å². The van der Waals surface area contributed by atoms with Crippen molar-refractivity contribution in [2.45, 2.75) is 43.4 Å². The monoisotopic (exact) mass is 335 g/mol. The maximum atomic E-state index is 12.2. The van der Waals surface area contributed by atoms with E-state index in [0.29, 0.717) is 12.8 Å². The van der Waals surface area contributed by atoms with Crippen LogP contribution in [0.5, 0.6) is 0 Å². The van der Waals surface area contributed by atoms with Crippen LogP contribution in [0.15, 0.2) is 65.7 Å². The van der Waals surface area contributed by atoms with Gasteiger partial charge in [0.05, 0.1) is 17.9 Å². The first-order valence-electron chi connectivity index (χ1n) is 8.76. The average Bonchev–Trinajstić information content (AvgIpc) is 3.00. The van der Waals surface area contributed by atoms with Crippen molar-refractivity contribution in [3.8, 4) is 0 Å². The van der Waals surface area contributed by atoms with E-state index in [4.69, 9.17) is 9.73 Å². The number of carboxylic acid groups (broad SMARTS) is 1. The van der Waals surface area contributed by atoms with E-state index in [9.17, 15) is 9.90 Å². The number of carbonyl (C=O) groups is 1. The summed E-state index contributed by atoms with van der Waals surface area (Å²) in [6.45, 7) is 0. The number of hydrogen-bond donors (Lipinski definition) is 1. The van der Waals surface area contributed by atoms with Gasteiger partial charge in [-0.3, -0.25) is 4.99 Å². The molecule has 2 aromatic carbocycles. The lowest BCUT2D eigenvalue weighted by molar-refractivity contribution is -0.150. The SMILES string of the molecule is O=C(O)C1(N=C(c2ccccc2)c2ccccc2)CC2CCC(C1)O2. The lowest BCUT2D eigenvalue weighted by Gasteiger charge is -2.35. The van der Waals surface area contributed by atoms with E-state index < -0.39 is 11.5 Å². The molecular formula is C21H21NO3. The van der Waals surface area contributed by atoms with Gasteiger partial charge in [-0.25, -0.2) is 4.79 Å². The third-order valence-electron chi connectivity index (χ3n) is 5.14. The Bertz CT molecular complexity index is 732. The topological polar surface area (TPSA) is 58.9 Å². The second-order valence-corrected chi connectivity index (χ2v) is 6.89. The smallest absolute Gasteiger partial charge is 0.331 e. The zero-order valence-corrected chi connectivity index (χ0v) is 14.0. The molecule has 2 aliphatic heterocycles. The summed E-state index contributed by atoms with van der Waals surface area (Å²) >= 11 is 0. The highest BCUT2D eigenvalue weighted by molar-refractivity contribution is 6.13. The normalized spacial score (nSPS) is 27.7. The van der Waals surface area contributed by atoms with Gasteiger partial charge >= 0.3 is 5.97 Å². The molecular weight excluding hydrogens is 314 g/mol. The fraction of sp³-hybridized carbons (Fsp3) is 0.333. The first-order valence-corrected chi connectivity index (χ1v) is 8.76. The Labute approximate surface area is 147 Å². The lowest BCUT2D eigenvalue weighted by Crippen LogP contribution is -2.46. The van der Waals surface area contributed by atoms with Gasteiger partial charge in [0, 0.05) is 24.0 Å². The van der Waals surface area contributed by atoms with Gasteiger partial charge in [0.15, 0.2) is 5.54 Å². The molecule has 2 aromatic rings. The second kappa shape index (κ2) is 6.45. The molecule has 0 spiro atoms. The van der Waals surface area contributed by atoms with Crippen molar-refractivity contribution < 1.29 is 14.6 Å². The van der Waals surface area contributed by atoms with Crippen LogP contribution in [-0.2, 0) is 9.53 Å². The number of hydrogen-bond acceptors (Lipinski definition) is 3. The van der Waals surface area contributed by atoms with E-state index in [1.165, 1.54) is 0 Å². The van der Waals surface area contributed by atoms with Gasteiger partial charge in [0.2, 0.25) is 0 Å². The number of rotatable bonds is 4. The number of carboxylic acids is 1. The highest BCUT2D eigenvalue weighted by Gasteiger charge is 2.50. The number of fused-ring (bicyclic) bond motifs is 2. The van der Waals surface area contributed by atoms with Crippen LogP contribution in [-0.4, -0.2) is 34.5 Å². The van der Waals surface area contributed by atoms with Gasteiger partial charge in [0.25, 0.3) is 0 Å². The van der Waals surface area contributed by atoms with Gasteiger partial charge in [-0.05, 0) is 12.8 Å². The molecule has 2 unspecified atom stereocenters. The molecule has 4 nitrogen and oxygen atoms in total. The number of benzene rings is 2. The van der Waals surface area contributed by atoms with E-state index in [1.54, 1.807) is 0 Å². The molecule has 2 bridgehead atoms. The van der Waals surface area contributed by atoms with Crippen molar-refractivity contribution in [2.24, 2.45) is 4.99 Å². The van der Waals surface area contributed by atoms with Crippen LogP contribution in [0.1, 0.15) is 36.8 Å². The predicted molar refractivity (Wildman–Crippen MR) is 96.0 cm³/mol. The molecule has 25 heavy (non-hydrogen) atoms. The third-order valence-corrected chi connectivity index (χ3v) is 5.14. The average molecular weight is 335 g/mol. The molecule has 0 aliphatic carbocycles. The first kappa shape index (κ1) is 16.0. The Morgan fingerprint density at radius 3 is 1.84 bits per heavy atom. The van der Waals surface area contributed by atoms with Gasteiger partial charge in [-0.1, -0.05) is 60.7 Å². The van der Waals surface area contributed by atoms with Crippen molar-refractivity contribution in [1.82, 2.24) is 0 Å². The van der Waals surface area contributed by atoms with Crippen molar-refractivity contribution in [2.75, 3.05) is 0 Å². The molecule has 2 fully saturated rings. The quantitative estimate of drug-likeness (QED) is 0.867. The molecule has 0 radical (unpaired) electrons. The maximum Gasteiger partial charge on any atom is 0.331 e. The molecule has 2 heterocycles. The van der Waals surface area contributed by atoms with E-state index >= 15 is 0 Å². The zero-order valence-electron chi connectivity index (χ0n) is 14.0. The summed E-state index contributed by atoms with van der Waals surface area (Å²) in [4.78, 5) is 17.1. The lowest BCUT2D eigenvalue weighted by atomic mass is 9.86. The highest BCUT2D eigenvalue weighted by atomic mass is 16.5. The molecule has 4 heteroatoms. The van der Waals surface area contributed by atoms with Crippen LogP contribution in [0.2, 0.25) is 0 Å². The maximum absolute atomic E-state index is 12.2. The predicted octanol–water partition coefficient (Wildman–Crippen LogP) is 3.69. The minimum absolute atomic E-state index is 0.00592. The van der Waals surface area contributed by atoms with Crippen LogP contribution < -0.4 is 0 Å². The van der Waals surface area contributed by atoms with Crippen molar-refractivity contribution in [3.63, 3.8) is 0 Å². The van der Waals surface area contributed by atoms with Crippen LogP contribution >= 0.6 is 0 Å². The fourth-order valence-corrected chi connectivity index (χ4v) is 3.93. The Kier molecular flexibility index (Phi) is 4.14. The Hall–Kier alpha value is -2.46. The minimum atomic E-state index is -1.11. The highest BCUT2D eigenvalue weighted by Crippen LogP contribution is 2.41. The molecule has 0 aromatic heterocycles. The molecule has 2 atom stereocenters. The van der Waals surface area contributed by atoms with Crippen LogP contribution in [0.4, 0.5) is 0 Å². The number of nitrogens with zero attached hydrogens (tertiary/aromatic N) is 1. The molecule has 1 N–H and O–H groups in total. The summed E-state index contributed by atoms with van der Waals surface area (Å²) < 4.78 is 5.86. The van der Waals surface area contributed by atoms with Crippen LogP contribution in [0, 0.1) is 0 Å². The Morgan fingerprint density at radius 2 is 1.40 bits per heavy atom. The third kappa shape index (κ3) is 3.10. The van der Waals surface area contributed by atoms with E-state index in [2.05, 4.69) is 0 Å². The second-order valence-electron chi connectivity index (χ2n) is 6.89. The summed E-state index contributed by atoms with van der Waals surface area (Å²) in [5, 5.41) is 10.0. The zero-order chi connectivity index (χ0) is 17.3. The summed E-state index contributed by atoms with van der Waals surface area (Å²) in [5.74, 6) is -0.850. The van der Waals surface area contributed by atoms with Crippen LogP contribution in [0.3, 0.4) is 0 Å². The van der Waals surface area contributed by atoms with Gasteiger partial charge in [0.1, 0.15) is 0 Å². The molecule has 0 amide bonds. The summed E-state index contributed by atoms with van der Waals surface area (Å²) in [5.41, 5.74) is 1.51. The summed E-state index contributed by atoms with van der Waals surface area (Å²) in [6.07, 6.45) is 2.77. The van der Waals surface area contributed by atoms with Crippen molar-refractivity contribution >= 4 is 11.7 Å². The molecule has 4 rings (SSSR count). The fourth-order valence-electron chi connectivity index (χ4n) is 3.93. The van der Waals surface area contributed by atoms with E-state index in [-0.39, 0.29) is 12.2 Å². The molecule has 2 aliphatic rings. The minimum Gasteiger partial charge on any atom is -0.479 e. The van der Waals surface area contributed by atoms with E-state index in [0.717, 1.165) is 29.7 Å². The summed E-state index contributed by atoms with van der Waals surface area (Å²) in [7, 11) is 0. The molecule has 128 valence electrons. The molecule has 2 saturated heterocycles. The largest absolute Gasteiger partial charge is 0.479 e. The first-order chi connectivity index (χ1) is 12.2. The van der Waals surface area contributed by atoms with E-state index in [1.807, 2.05) is 60.7 Å². The van der Waals surface area contributed by atoms with Gasteiger partial charge in [-0.15, -0.1) is 0 Å². The number of aliphatic carboxylic acids is 1. The summed E-state index contributed by atoms with van der Waals surface area (Å²) in [6, 6.07) is 19.6. The standard InChI is InChI=1S/C21H21NO3/c23-20(24)21(13-17-11-12-18(14-21)25-17)22-19(15-7-3-1-4-8-15)16-9-5-2-6-10-16/h1-10,17-18H,11-14H2,(H,23,24). The van der Waals surface area contributed by atoms with Gasteiger partial charge < -0.3 is 9.84 Å². The van der Waals surface area contributed by atoms with Crippen molar-refractivity contribution in [1.29, 1.82) is 0 Å². The number of aliphatic imine (C=N–C) groups is 1.